The minimum atomic E-state index is -0.180. The molecular weight excluding hydrogens is 408 g/mol. The predicted octanol–water partition coefficient (Wildman–Crippen LogP) is 4.51. The third-order valence-electron chi connectivity index (χ3n) is 5.03. The normalized spacial score (nSPS) is 10.7. The Morgan fingerprint density at radius 2 is 1.84 bits per heavy atom. The van der Waals surface area contributed by atoms with Crippen LogP contribution < -0.4 is 19.5 Å². The lowest BCUT2D eigenvalue weighted by Gasteiger charge is -2.13. The van der Waals surface area contributed by atoms with Crippen LogP contribution in [0.1, 0.15) is 18.2 Å². The summed E-state index contributed by atoms with van der Waals surface area (Å²) < 4.78 is 16.9. The van der Waals surface area contributed by atoms with E-state index in [0.717, 1.165) is 34.3 Å². The lowest BCUT2D eigenvalue weighted by molar-refractivity contribution is -0.115. The zero-order chi connectivity index (χ0) is 22.5. The Balaban J connectivity index is 1.51. The van der Waals surface area contributed by atoms with Crippen LogP contribution >= 0.6 is 0 Å². The van der Waals surface area contributed by atoms with E-state index in [4.69, 9.17) is 14.2 Å². The van der Waals surface area contributed by atoms with Crippen LogP contribution in [0.25, 0.3) is 10.9 Å². The van der Waals surface area contributed by atoms with E-state index in [1.54, 1.807) is 32.5 Å². The summed E-state index contributed by atoms with van der Waals surface area (Å²) >= 11 is 0. The number of carbonyl (C=O) groups excluding carboxylic acids is 1. The maximum atomic E-state index is 12.5. The Bertz CT molecular complexity index is 1250. The van der Waals surface area contributed by atoms with Crippen molar-refractivity contribution in [2.45, 2.75) is 19.8 Å². The molecule has 4 aromatic rings. The molecule has 0 bridgehead atoms. The molecule has 0 spiro atoms. The summed E-state index contributed by atoms with van der Waals surface area (Å²) in [6.45, 7) is 2.01. The first-order valence-corrected chi connectivity index (χ1v) is 10.2. The molecule has 0 aliphatic carbocycles. The topological polar surface area (TPSA) is 98.4 Å². The molecule has 0 saturated carbocycles. The molecule has 0 saturated heterocycles. The van der Waals surface area contributed by atoms with E-state index >= 15 is 0 Å². The van der Waals surface area contributed by atoms with Crippen LogP contribution in [0.3, 0.4) is 0 Å². The quantitative estimate of drug-likeness (QED) is 0.425. The number of carbonyl (C=O) groups is 1. The highest BCUT2D eigenvalue weighted by Crippen LogP contribution is 2.33. The van der Waals surface area contributed by atoms with E-state index in [1.807, 2.05) is 43.3 Å². The van der Waals surface area contributed by atoms with E-state index in [9.17, 15) is 4.79 Å². The SMILES string of the molecule is CCc1cc(NC(=O)Cc2ccc(Oc3ccnc4cc(OC)ccc34)cc2OC)n[nH]1. The third-order valence-corrected chi connectivity index (χ3v) is 5.03. The molecule has 1 amide bonds. The maximum absolute atomic E-state index is 12.5. The minimum Gasteiger partial charge on any atom is -0.497 e. The number of methoxy groups -OCH3 is 2. The molecule has 0 aliphatic heterocycles. The number of amides is 1. The number of hydrogen-bond acceptors (Lipinski definition) is 6. The van der Waals surface area contributed by atoms with Gasteiger partial charge in [0.1, 0.15) is 23.0 Å². The zero-order valence-corrected chi connectivity index (χ0v) is 18.1. The second-order valence-corrected chi connectivity index (χ2v) is 7.12. The Hall–Kier alpha value is -4.07. The Morgan fingerprint density at radius 1 is 1.00 bits per heavy atom. The monoisotopic (exact) mass is 432 g/mol. The molecule has 32 heavy (non-hydrogen) atoms. The molecule has 164 valence electrons. The van der Waals surface area contributed by atoms with Crippen molar-refractivity contribution in [1.29, 1.82) is 0 Å². The molecule has 2 heterocycles. The first kappa shape index (κ1) is 21.2. The van der Waals surface area contributed by atoms with Gasteiger partial charge < -0.3 is 19.5 Å². The van der Waals surface area contributed by atoms with Crippen LogP contribution in [0.15, 0.2) is 54.7 Å². The van der Waals surface area contributed by atoms with Crippen molar-refractivity contribution in [1.82, 2.24) is 15.2 Å². The first-order chi connectivity index (χ1) is 15.6. The Morgan fingerprint density at radius 3 is 2.59 bits per heavy atom. The van der Waals surface area contributed by atoms with Gasteiger partial charge in [-0.3, -0.25) is 14.9 Å². The number of nitrogens with one attached hydrogen (secondary N) is 2. The molecule has 0 fully saturated rings. The van der Waals surface area contributed by atoms with Crippen molar-refractivity contribution >= 4 is 22.6 Å². The molecule has 0 radical (unpaired) electrons. The van der Waals surface area contributed by atoms with Gasteiger partial charge in [0.2, 0.25) is 5.91 Å². The van der Waals surface area contributed by atoms with Crippen molar-refractivity contribution in [3.05, 3.63) is 66.0 Å². The van der Waals surface area contributed by atoms with Gasteiger partial charge in [0.05, 0.1) is 26.2 Å². The summed E-state index contributed by atoms with van der Waals surface area (Å²) in [6.07, 6.45) is 2.65. The molecule has 0 unspecified atom stereocenters. The van der Waals surface area contributed by atoms with Gasteiger partial charge in [0.25, 0.3) is 0 Å². The number of hydrogen-bond donors (Lipinski definition) is 2. The fraction of sp³-hybridized carbons (Fsp3) is 0.208. The number of fused-ring (bicyclic) bond motifs is 1. The van der Waals surface area contributed by atoms with Crippen molar-refractivity contribution in [2.75, 3.05) is 19.5 Å². The molecule has 2 aromatic heterocycles. The van der Waals surface area contributed by atoms with Crippen LogP contribution in [0.5, 0.6) is 23.0 Å². The third kappa shape index (κ3) is 4.64. The van der Waals surface area contributed by atoms with Crippen molar-refractivity contribution in [2.24, 2.45) is 0 Å². The molecule has 8 heteroatoms. The van der Waals surface area contributed by atoms with Gasteiger partial charge in [-0.2, -0.15) is 5.10 Å². The van der Waals surface area contributed by atoms with Gasteiger partial charge in [-0.15, -0.1) is 0 Å². The van der Waals surface area contributed by atoms with Gasteiger partial charge in [-0.05, 0) is 30.7 Å². The maximum Gasteiger partial charge on any atom is 0.230 e. The van der Waals surface area contributed by atoms with Gasteiger partial charge in [-0.1, -0.05) is 13.0 Å². The van der Waals surface area contributed by atoms with Gasteiger partial charge in [0.15, 0.2) is 5.82 Å². The van der Waals surface area contributed by atoms with Crippen molar-refractivity contribution in [3.63, 3.8) is 0 Å². The number of nitrogens with zero attached hydrogens (tertiary/aromatic N) is 2. The summed E-state index contributed by atoms with van der Waals surface area (Å²) in [5, 5.41) is 10.6. The standard InChI is InChI=1S/C24H24N4O4/c1-4-16-12-23(28-27-16)26-24(29)11-15-5-6-18(14-22(15)31-3)32-21-9-10-25-20-13-17(30-2)7-8-19(20)21/h5-10,12-14H,4,11H2,1-3H3,(H2,26,27,28,29). The van der Waals surface area contributed by atoms with Crippen LogP contribution in [0.4, 0.5) is 5.82 Å². The minimum absolute atomic E-state index is 0.149. The fourth-order valence-corrected chi connectivity index (χ4v) is 3.35. The average Bonchev–Trinajstić information content (AvgIpc) is 3.27. The number of H-pyrrole nitrogens is 1. The van der Waals surface area contributed by atoms with Crippen molar-refractivity contribution < 1.29 is 19.0 Å². The number of benzene rings is 2. The fourth-order valence-electron chi connectivity index (χ4n) is 3.35. The van der Waals surface area contributed by atoms with E-state index in [-0.39, 0.29) is 12.3 Å². The van der Waals surface area contributed by atoms with Gasteiger partial charge in [-0.25, -0.2) is 0 Å². The lowest BCUT2D eigenvalue weighted by atomic mass is 10.1. The summed E-state index contributed by atoms with van der Waals surface area (Å²) in [4.78, 5) is 16.8. The largest absolute Gasteiger partial charge is 0.497 e. The number of anilines is 1. The highest BCUT2D eigenvalue weighted by Gasteiger charge is 2.13. The molecule has 8 nitrogen and oxygen atoms in total. The predicted molar refractivity (Wildman–Crippen MR) is 122 cm³/mol. The second-order valence-electron chi connectivity index (χ2n) is 7.12. The summed E-state index contributed by atoms with van der Waals surface area (Å²) in [6, 6.07) is 14.6. The van der Waals surface area contributed by atoms with E-state index in [1.165, 1.54) is 0 Å². The second kappa shape index (κ2) is 9.38. The molecule has 2 N–H and O–H groups in total. The van der Waals surface area contributed by atoms with Crippen LogP contribution in [-0.4, -0.2) is 35.3 Å². The Kier molecular flexibility index (Phi) is 6.21. The lowest BCUT2D eigenvalue weighted by Crippen LogP contribution is -2.15. The highest BCUT2D eigenvalue weighted by molar-refractivity contribution is 5.92. The number of pyridine rings is 1. The summed E-state index contributed by atoms with van der Waals surface area (Å²) in [5.74, 6) is 2.87. The van der Waals surface area contributed by atoms with E-state index in [0.29, 0.717) is 23.1 Å². The number of rotatable bonds is 8. The number of aromatic nitrogens is 3. The van der Waals surface area contributed by atoms with E-state index < -0.39 is 0 Å². The molecule has 4 rings (SSSR count). The highest BCUT2D eigenvalue weighted by atomic mass is 16.5. The average molecular weight is 432 g/mol. The van der Waals surface area contributed by atoms with Crippen LogP contribution in [0, 0.1) is 0 Å². The summed E-state index contributed by atoms with van der Waals surface area (Å²) in [7, 11) is 3.18. The molecule has 2 aromatic carbocycles. The zero-order valence-electron chi connectivity index (χ0n) is 18.1. The summed E-state index contributed by atoms with van der Waals surface area (Å²) in [5.41, 5.74) is 2.47. The van der Waals surface area contributed by atoms with Crippen LogP contribution in [0.2, 0.25) is 0 Å². The van der Waals surface area contributed by atoms with Crippen molar-refractivity contribution in [3.8, 4) is 23.0 Å². The Labute approximate surface area is 185 Å². The molecule has 0 atom stereocenters. The number of ether oxygens (including phenoxy) is 3. The number of aryl methyl sites for hydroxylation is 1. The van der Waals surface area contributed by atoms with Gasteiger partial charge in [0, 0.05) is 41.0 Å². The molecular formula is C24H24N4O4. The van der Waals surface area contributed by atoms with Gasteiger partial charge >= 0.3 is 0 Å². The van der Waals surface area contributed by atoms with Crippen LogP contribution in [-0.2, 0) is 17.6 Å². The smallest absolute Gasteiger partial charge is 0.230 e. The molecule has 0 aliphatic rings. The first-order valence-electron chi connectivity index (χ1n) is 10.2. The van der Waals surface area contributed by atoms with E-state index in [2.05, 4.69) is 20.5 Å². The number of aromatic amines is 1.